The van der Waals surface area contributed by atoms with E-state index >= 15 is 0 Å². The summed E-state index contributed by atoms with van der Waals surface area (Å²) in [6.07, 6.45) is 0. The largest absolute Gasteiger partial charge is 0.493 e. The predicted octanol–water partition coefficient (Wildman–Crippen LogP) is 6.19. The first-order valence-electron chi connectivity index (χ1n) is 9.49. The lowest BCUT2D eigenvalue weighted by molar-refractivity contribution is 0.102. The zero-order valence-corrected chi connectivity index (χ0v) is 17.5. The first kappa shape index (κ1) is 20.7. The molecule has 5 heteroatoms. The van der Waals surface area contributed by atoms with Crippen LogP contribution in [-0.2, 0) is 6.61 Å². The highest BCUT2D eigenvalue weighted by molar-refractivity contribution is 6.30. The van der Waals surface area contributed by atoms with Crippen molar-refractivity contribution in [2.24, 2.45) is 0 Å². The van der Waals surface area contributed by atoms with Crippen LogP contribution in [0.1, 0.15) is 34.0 Å². The minimum Gasteiger partial charge on any atom is -0.493 e. The molecule has 0 heterocycles. The van der Waals surface area contributed by atoms with E-state index < -0.39 is 0 Å². The van der Waals surface area contributed by atoms with E-state index in [0.29, 0.717) is 28.7 Å². The molecule has 0 aliphatic heterocycles. The molecule has 0 spiro atoms. The van der Waals surface area contributed by atoms with Crippen molar-refractivity contribution in [2.45, 2.75) is 27.4 Å². The first-order chi connectivity index (χ1) is 14.0. The Kier molecular flexibility index (Phi) is 6.78. The second-order valence-electron chi connectivity index (χ2n) is 6.77. The zero-order valence-electron chi connectivity index (χ0n) is 16.8. The molecular weight excluding hydrogens is 386 g/mol. The lowest BCUT2D eigenvalue weighted by atomic mass is 10.1. The molecule has 1 amide bonds. The van der Waals surface area contributed by atoms with E-state index in [2.05, 4.69) is 5.32 Å². The molecule has 0 fully saturated rings. The van der Waals surface area contributed by atoms with E-state index in [1.807, 2.05) is 51.1 Å². The topological polar surface area (TPSA) is 47.6 Å². The van der Waals surface area contributed by atoms with Gasteiger partial charge in [0.2, 0.25) is 0 Å². The molecule has 0 bridgehead atoms. The Bertz CT molecular complexity index is 1020. The number of halogens is 1. The van der Waals surface area contributed by atoms with Crippen molar-refractivity contribution >= 4 is 23.2 Å². The summed E-state index contributed by atoms with van der Waals surface area (Å²) in [5.41, 5.74) is 4.24. The van der Waals surface area contributed by atoms with Crippen LogP contribution in [0.3, 0.4) is 0 Å². The van der Waals surface area contributed by atoms with Crippen LogP contribution in [0.15, 0.2) is 60.7 Å². The van der Waals surface area contributed by atoms with Crippen molar-refractivity contribution in [3.05, 3.63) is 87.9 Å². The quantitative estimate of drug-likeness (QED) is 0.506. The van der Waals surface area contributed by atoms with Gasteiger partial charge >= 0.3 is 0 Å². The highest BCUT2D eigenvalue weighted by atomic mass is 35.5. The van der Waals surface area contributed by atoms with Gasteiger partial charge < -0.3 is 14.8 Å². The lowest BCUT2D eigenvalue weighted by Gasteiger charge is -2.14. The Morgan fingerprint density at radius 2 is 1.83 bits per heavy atom. The third-order valence-corrected chi connectivity index (χ3v) is 4.69. The number of nitrogens with one attached hydrogen (secondary N) is 1. The van der Waals surface area contributed by atoms with Crippen LogP contribution in [0.2, 0.25) is 5.02 Å². The molecule has 0 radical (unpaired) electrons. The Labute approximate surface area is 176 Å². The maximum absolute atomic E-state index is 12.8. The average Bonchev–Trinajstić information content (AvgIpc) is 2.70. The van der Waals surface area contributed by atoms with Gasteiger partial charge in [-0.05, 0) is 74.4 Å². The van der Waals surface area contributed by atoms with Gasteiger partial charge in [0.1, 0.15) is 18.1 Å². The number of aryl methyl sites for hydroxylation is 2. The number of anilines is 1. The molecule has 0 aromatic heterocycles. The van der Waals surface area contributed by atoms with Crippen LogP contribution in [0.5, 0.6) is 11.5 Å². The molecule has 3 rings (SSSR count). The van der Waals surface area contributed by atoms with E-state index in [1.165, 1.54) is 0 Å². The van der Waals surface area contributed by atoms with Gasteiger partial charge in [-0.2, -0.15) is 0 Å². The number of carbonyl (C=O) groups excluding carboxylic acids is 1. The maximum Gasteiger partial charge on any atom is 0.255 e. The third kappa shape index (κ3) is 5.52. The number of carbonyl (C=O) groups is 1. The average molecular weight is 410 g/mol. The van der Waals surface area contributed by atoms with Gasteiger partial charge in [-0.25, -0.2) is 0 Å². The minimum absolute atomic E-state index is 0.175. The molecule has 3 aromatic carbocycles. The number of amides is 1. The molecule has 0 saturated heterocycles. The summed E-state index contributed by atoms with van der Waals surface area (Å²) >= 11 is 6.02. The lowest BCUT2D eigenvalue weighted by Crippen LogP contribution is -2.14. The van der Waals surface area contributed by atoms with Gasteiger partial charge in [0.15, 0.2) is 0 Å². The van der Waals surface area contributed by atoms with Crippen LogP contribution in [-0.4, -0.2) is 12.5 Å². The van der Waals surface area contributed by atoms with Crippen molar-refractivity contribution in [3.63, 3.8) is 0 Å². The highest BCUT2D eigenvalue weighted by Gasteiger charge is 2.13. The fraction of sp³-hybridized carbons (Fsp3) is 0.208. The van der Waals surface area contributed by atoms with Crippen molar-refractivity contribution in [1.29, 1.82) is 0 Å². The molecule has 0 saturated carbocycles. The first-order valence-corrected chi connectivity index (χ1v) is 9.86. The van der Waals surface area contributed by atoms with Crippen molar-refractivity contribution in [1.82, 2.24) is 0 Å². The normalized spacial score (nSPS) is 10.5. The SMILES string of the molecule is CCOc1ccc(C(=O)Nc2cc(C)ccc2C)cc1COc1cccc(Cl)c1. The smallest absolute Gasteiger partial charge is 0.255 e. The fourth-order valence-electron chi connectivity index (χ4n) is 2.91. The van der Waals surface area contributed by atoms with E-state index in [1.54, 1.807) is 30.3 Å². The van der Waals surface area contributed by atoms with Gasteiger partial charge in [-0.1, -0.05) is 29.8 Å². The van der Waals surface area contributed by atoms with E-state index in [0.717, 1.165) is 22.4 Å². The molecular formula is C24H24ClNO3. The monoisotopic (exact) mass is 409 g/mol. The number of rotatable bonds is 7. The molecule has 1 N–H and O–H groups in total. The molecule has 4 nitrogen and oxygen atoms in total. The highest BCUT2D eigenvalue weighted by Crippen LogP contribution is 2.25. The second kappa shape index (κ2) is 9.48. The summed E-state index contributed by atoms with van der Waals surface area (Å²) in [4.78, 5) is 12.8. The number of hydrogen-bond donors (Lipinski definition) is 1. The Hall–Kier alpha value is -2.98. The summed E-state index contributed by atoms with van der Waals surface area (Å²) in [5, 5.41) is 3.59. The van der Waals surface area contributed by atoms with E-state index in [4.69, 9.17) is 21.1 Å². The predicted molar refractivity (Wildman–Crippen MR) is 117 cm³/mol. The van der Waals surface area contributed by atoms with Crippen LogP contribution < -0.4 is 14.8 Å². The standard InChI is InChI=1S/C24H24ClNO3/c1-4-28-23-11-10-18(24(27)26-22-12-16(2)8-9-17(22)3)13-19(23)15-29-21-7-5-6-20(25)14-21/h5-14H,4,15H2,1-3H3,(H,26,27). The van der Waals surface area contributed by atoms with Crippen LogP contribution in [0.25, 0.3) is 0 Å². The minimum atomic E-state index is -0.175. The van der Waals surface area contributed by atoms with E-state index in [9.17, 15) is 4.79 Å². The van der Waals surface area contributed by atoms with Crippen LogP contribution in [0.4, 0.5) is 5.69 Å². The van der Waals surface area contributed by atoms with Gasteiger partial charge in [0.25, 0.3) is 5.91 Å². The number of benzene rings is 3. The van der Waals surface area contributed by atoms with Gasteiger partial charge in [0, 0.05) is 21.8 Å². The van der Waals surface area contributed by atoms with Crippen LogP contribution >= 0.6 is 11.6 Å². The molecule has 0 atom stereocenters. The Morgan fingerprint density at radius 1 is 1.00 bits per heavy atom. The Morgan fingerprint density at radius 3 is 2.59 bits per heavy atom. The summed E-state index contributed by atoms with van der Waals surface area (Å²) in [6, 6.07) is 18.5. The van der Waals surface area contributed by atoms with Crippen molar-refractivity contribution in [2.75, 3.05) is 11.9 Å². The molecule has 0 aliphatic rings. The fourth-order valence-corrected chi connectivity index (χ4v) is 3.09. The van der Waals surface area contributed by atoms with Crippen molar-refractivity contribution in [3.8, 4) is 11.5 Å². The summed E-state index contributed by atoms with van der Waals surface area (Å²) in [7, 11) is 0. The summed E-state index contributed by atoms with van der Waals surface area (Å²) in [6.45, 7) is 6.68. The van der Waals surface area contributed by atoms with Gasteiger partial charge in [-0.15, -0.1) is 0 Å². The zero-order chi connectivity index (χ0) is 20.8. The van der Waals surface area contributed by atoms with E-state index in [-0.39, 0.29) is 12.5 Å². The summed E-state index contributed by atoms with van der Waals surface area (Å²) < 4.78 is 11.6. The Balaban J connectivity index is 1.81. The molecule has 150 valence electrons. The molecule has 0 aliphatic carbocycles. The van der Waals surface area contributed by atoms with Crippen LogP contribution in [0, 0.1) is 13.8 Å². The van der Waals surface area contributed by atoms with Gasteiger partial charge in [0.05, 0.1) is 6.61 Å². The summed E-state index contributed by atoms with van der Waals surface area (Å²) in [5.74, 6) is 1.17. The molecule has 0 unspecified atom stereocenters. The molecule has 3 aromatic rings. The maximum atomic E-state index is 12.8. The number of ether oxygens (including phenoxy) is 2. The molecule has 29 heavy (non-hydrogen) atoms. The van der Waals surface area contributed by atoms with Crippen molar-refractivity contribution < 1.29 is 14.3 Å². The number of hydrogen-bond acceptors (Lipinski definition) is 3. The third-order valence-electron chi connectivity index (χ3n) is 4.45. The van der Waals surface area contributed by atoms with Gasteiger partial charge in [-0.3, -0.25) is 4.79 Å². The second-order valence-corrected chi connectivity index (χ2v) is 7.21.